The van der Waals surface area contributed by atoms with Crippen molar-refractivity contribution in [3.8, 4) is 5.75 Å². The van der Waals surface area contributed by atoms with Crippen molar-refractivity contribution in [2.75, 3.05) is 0 Å². The number of carbonyl (C=O) groups is 1. The van der Waals surface area contributed by atoms with Gasteiger partial charge in [-0.2, -0.15) is 0 Å². The summed E-state index contributed by atoms with van der Waals surface area (Å²) in [5.41, 5.74) is 2.47. The van der Waals surface area contributed by atoms with Crippen LogP contribution >= 0.6 is 11.6 Å². The molecule has 0 heterocycles. The molecule has 0 saturated carbocycles. The monoisotopic (exact) mass is 260 g/mol. The third kappa shape index (κ3) is 2.90. The molecule has 0 saturated heterocycles. The Labute approximate surface area is 111 Å². The lowest BCUT2D eigenvalue weighted by atomic mass is 10.1. The van der Waals surface area contributed by atoms with Gasteiger partial charge in [0.1, 0.15) is 12.4 Å². The maximum absolute atomic E-state index is 10.9. The number of rotatable bonds is 4. The van der Waals surface area contributed by atoms with E-state index >= 15 is 0 Å². The molecule has 0 bridgehead atoms. The van der Waals surface area contributed by atoms with Crippen LogP contribution in [0.5, 0.6) is 5.75 Å². The first-order valence-corrected chi connectivity index (χ1v) is 6.00. The molecular formula is C15H13ClO2. The molecule has 0 unspecified atom stereocenters. The van der Waals surface area contributed by atoms with Gasteiger partial charge in [-0.1, -0.05) is 35.9 Å². The predicted molar refractivity (Wildman–Crippen MR) is 72.4 cm³/mol. The Balaban J connectivity index is 2.16. The molecule has 0 aliphatic heterocycles. The van der Waals surface area contributed by atoms with E-state index in [1.807, 2.05) is 37.3 Å². The fourth-order valence-electron chi connectivity index (χ4n) is 1.68. The molecule has 2 rings (SSSR count). The zero-order chi connectivity index (χ0) is 13.0. The van der Waals surface area contributed by atoms with Crippen LogP contribution in [0.2, 0.25) is 5.02 Å². The molecule has 0 aliphatic carbocycles. The van der Waals surface area contributed by atoms with Crippen molar-refractivity contribution in [1.29, 1.82) is 0 Å². The van der Waals surface area contributed by atoms with Crippen molar-refractivity contribution in [2.24, 2.45) is 0 Å². The normalized spacial score (nSPS) is 10.1. The second-order valence-electron chi connectivity index (χ2n) is 4.02. The largest absolute Gasteiger partial charge is 0.489 e. The number of ether oxygens (including phenoxy) is 1. The lowest BCUT2D eigenvalue weighted by Crippen LogP contribution is -2.00. The van der Waals surface area contributed by atoms with Gasteiger partial charge in [-0.25, -0.2) is 0 Å². The Kier molecular flexibility index (Phi) is 4.00. The first-order valence-electron chi connectivity index (χ1n) is 5.63. The van der Waals surface area contributed by atoms with Gasteiger partial charge in [0.25, 0.3) is 0 Å². The topological polar surface area (TPSA) is 26.3 Å². The molecule has 0 fully saturated rings. The van der Waals surface area contributed by atoms with Crippen molar-refractivity contribution in [3.05, 3.63) is 64.2 Å². The average molecular weight is 261 g/mol. The average Bonchev–Trinajstić information content (AvgIpc) is 2.39. The first-order chi connectivity index (χ1) is 8.70. The highest BCUT2D eigenvalue weighted by Gasteiger charge is 2.04. The molecular weight excluding hydrogens is 248 g/mol. The Hall–Kier alpha value is -1.80. The summed E-state index contributed by atoms with van der Waals surface area (Å²) < 4.78 is 5.70. The van der Waals surface area contributed by atoms with Gasteiger partial charge in [-0.05, 0) is 36.2 Å². The number of hydrogen-bond acceptors (Lipinski definition) is 2. The fraction of sp³-hybridized carbons (Fsp3) is 0.133. The predicted octanol–water partition coefficient (Wildman–Crippen LogP) is 4.04. The van der Waals surface area contributed by atoms with Gasteiger partial charge >= 0.3 is 0 Å². The van der Waals surface area contributed by atoms with Gasteiger partial charge in [0, 0.05) is 10.6 Å². The summed E-state index contributed by atoms with van der Waals surface area (Å²) in [4.78, 5) is 10.9. The summed E-state index contributed by atoms with van der Waals surface area (Å²) in [6.45, 7) is 2.34. The summed E-state index contributed by atoms with van der Waals surface area (Å²) >= 11 is 5.84. The van der Waals surface area contributed by atoms with Crippen molar-refractivity contribution in [3.63, 3.8) is 0 Å². The number of carbonyl (C=O) groups excluding carboxylic acids is 1. The molecule has 0 aromatic heterocycles. The van der Waals surface area contributed by atoms with E-state index in [1.54, 1.807) is 12.1 Å². The number of halogens is 1. The smallest absolute Gasteiger partial charge is 0.150 e. The van der Waals surface area contributed by atoms with E-state index in [1.165, 1.54) is 0 Å². The lowest BCUT2D eigenvalue weighted by molar-refractivity contribution is 0.112. The van der Waals surface area contributed by atoms with E-state index in [9.17, 15) is 4.79 Å². The molecule has 0 atom stereocenters. The van der Waals surface area contributed by atoms with Crippen molar-refractivity contribution < 1.29 is 9.53 Å². The van der Waals surface area contributed by atoms with E-state index in [0.29, 0.717) is 17.2 Å². The van der Waals surface area contributed by atoms with E-state index < -0.39 is 0 Å². The standard InChI is InChI=1S/C15H13ClO2/c1-11-4-2-3-5-15(11)18-10-12-6-7-14(16)8-13(12)9-17/h2-9H,10H2,1H3. The van der Waals surface area contributed by atoms with Gasteiger partial charge in [0.05, 0.1) is 0 Å². The lowest BCUT2D eigenvalue weighted by Gasteiger charge is -2.10. The highest BCUT2D eigenvalue weighted by Crippen LogP contribution is 2.20. The number of para-hydroxylation sites is 1. The second kappa shape index (κ2) is 5.69. The highest BCUT2D eigenvalue weighted by atomic mass is 35.5. The number of aldehydes is 1. The summed E-state index contributed by atoms with van der Waals surface area (Å²) in [6.07, 6.45) is 0.794. The van der Waals surface area contributed by atoms with E-state index in [2.05, 4.69) is 0 Å². The van der Waals surface area contributed by atoms with Gasteiger partial charge in [-0.3, -0.25) is 4.79 Å². The minimum Gasteiger partial charge on any atom is -0.489 e. The molecule has 0 spiro atoms. The molecule has 0 aliphatic rings. The molecule has 0 radical (unpaired) electrons. The van der Waals surface area contributed by atoms with E-state index in [4.69, 9.17) is 16.3 Å². The maximum Gasteiger partial charge on any atom is 0.150 e. The molecule has 3 heteroatoms. The highest BCUT2D eigenvalue weighted by molar-refractivity contribution is 6.30. The molecule has 0 amide bonds. The number of aryl methyl sites for hydroxylation is 1. The zero-order valence-corrected chi connectivity index (χ0v) is 10.8. The summed E-state index contributed by atoms with van der Waals surface area (Å²) in [7, 11) is 0. The van der Waals surface area contributed by atoms with Crippen LogP contribution in [0.15, 0.2) is 42.5 Å². The zero-order valence-electron chi connectivity index (χ0n) is 10.0. The van der Waals surface area contributed by atoms with Crippen LogP contribution in [0, 0.1) is 6.92 Å². The Morgan fingerprint density at radius 2 is 2.00 bits per heavy atom. The molecule has 92 valence electrons. The minimum atomic E-state index is 0.357. The molecule has 2 nitrogen and oxygen atoms in total. The van der Waals surface area contributed by atoms with Gasteiger partial charge in [0.15, 0.2) is 6.29 Å². The van der Waals surface area contributed by atoms with Crippen LogP contribution in [0.3, 0.4) is 0 Å². The van der Waals surface area contributed by atoms with Crippen molar-refractivity contribution in [1.82, 2.24) is 0 Å². The van der Waals surface area contributed by atoms with E-state index in [-0.39, 0.29) is 0 Å². The Bertz CT molecular complexity index is 564. The van der Waals surface area contributed by atoms with Gasteiger partial charge in [0.2, 0.25) is 0 Å². The first kappa shape index (κ1) is 12.7. The van der Waals surface area contributed by atoms with Crippen LogP contribution in [-0.2, 0) is 6.61 Å². The van der Waals surface area contributed by atoms with Gasteiger partial charge < -0.3 is 4.74 Å². The number of benzene rings is 2. The van der Waals surface area contributed by atoms with Crippen LogP contribution in [-0.4, -0.2) is 6.29 Å². The van der Waals surface area contributed by atoms with Crippen LogP contribution in [0.4, 0.5) is 0 Å². The third-order valence-corrected chi connectivity index (χ3v) is 2.95. The molecule has 0 N–H and O–H groups in total. The SMILES string of the molecule is Cc1ccccc1OCc1ccc(Cl)cc1C=O. The fourth-order valence-corrected chi connectivity index (χ4v) is 1.86. The maximum atomic E-state index is 10.9. The molecule has 18 heavy (non-hydrogen) atoms. The summed E-state index contributed by atoms with van der Waals surface area (Å²) in [5, 5.41) is 0.553. The minimum absolute atomic E-state index is 0.357. The Morgan fingerprint density at radius 3 is 2.72 bits per heavy atom. The van der Waals surface area contributed by atoms with Crippen LogP contribution in [0.1, 0.15) is 21.5 Å². The molecule has 2 aromatic carbocycles. The van der Waals surface area contributed by atoms with Crippen molar-refractivity contribution in [2.45, 2.75) is 13.5 Å². The van der Waals surface area contributed by atoms with E-state index in [0.717, 1.165) is 23.2 Å². The van der Waals surface area contributed by atoms with Crippen molar-refractivity contribution >= 4 is 17.9 Å². The van der Waals surface area contributed by atoms with Crippen LogP contribution < -0.4 is 4.74 Å². The number of hydrogen-bond donors (Lipinski definition) is 0. The quantitative estimate of drug-likeness (QED) is 0.776. The summed E-state index contributed by atoms with van der Waals surface area (Å²) in [5.74, 6) is 0.823. The van der Waals surface area contributed by atoms with Gasteiger partial charge in [-0.15, -0.1) is 0 Å². The third-order valence-electron chi connectivity index (χ3n) is 2.71. The Morgan fingerprint density at radius 1 is 1.22 bits per heavy atom. The molecule has 2 aromatic rings. The van der Waals surface area contributed by atoms with Crippen LogP contribution in [0.25, 0.3) is 0 Å². The summed E-state index contributed by atoms with van der Waals surface area (Å²) in [6, 6.07) is 13.0. The second-order valence-corrected chi connectivity index (χ2v) is 4.45.